The molecule has 1 atom stereocenters. The summed E-state index contributed by atoms with van der Waals surface area (Å²) in [6, 6.07) is 0.365. The highest BCUT2D eigenvalue weighted by Gasteiger charge is 2.50. The van der Waals surface area contributed by atoms with E-state index in [0.717, 1.165) is 77.4 Å². The minimum absolute atomic E-state index is 0.150. The number of piperidine rings is 1. The molecule has 4 aliphatic rings. The monoisotopic (exact) mass is 330 g/mol. The van der Waals surface area contributed by atoms with Crippen LogP contribution < -0.4 is 0 Å². The predicted molar refractivity (Wildman–Crippen MR) is 94.3 cm³/mol. The summed E-state index contributed by atoms with van der Waals surface area (Å²) in [5.41, 5.74) is 1.17. The van der Waals surface area contributed by atoms with Crippen LogP contribution in [0.15, 0.2) is 23.9 Å². The van der Waals surface area contributed by atoms with E-state index in [2.05, 4.69) is 28.0 Å². The molecule has 2 saturated heterocycles. The van der Waals surface area contributed by atoms with E-state index in [1.165, 1.54) is 5.70 Å². The molecule has 1 saturated carbocycles. The second kappa shape index (κ2) is 6.55. The molecular formula is C20H30N2O2. The number of carbonyl (C=O) groups excluding carboxylic acids is 1. The number of aliphatic hydroxyl groups is 1. The lowest BCUT2D eigenvalue weighted by Gasteiger charge is -2.42. The molecule has 2 heterocycles. The average molecular weight is 330 g/mol. The molecule has 2 aliphatic carbocycles. The first-order valence-electron chi connectivity index (χ1n) is 9.79. The van der Waals surface area contributed by atoms with Gasteiger partial charge >= 0.3 is 0 Å². The molecule has 0 aromatic carbocycles. The quantitative estimate of drug-likeness (QED) is 0.847. The fraction of sp³-hybridized carbons (Fsp3) is 0.750. The Hall–Kier alpha value is -1.29. The van der Waals surface area contributed by atoms with E-state index in [0.29, 0.717) is 11.9 Å². The van der Waals surface area contributed by atoms with Crippen molar-refractivity contribution in [2.75, 3.05) is 19.6 Å². The van der Waals surface area contributed by atoms with Crippen LogP contribution in [0.3, 0.4) is 0 Å². The summed E-state index contributed by atoms with van der Waals surface area (Å²) in [5, 5.41) is 9.73. The molecule has 4 rings (SSSR count). The van der Waals surface area contributed by atoms with Gasteiger partial charge in [0.15, 0.2) is 0 Å². The number of likely N-dealkylation sites (tertiary alicyclic amines) is 2. The lowest BCUT2D eigenvalue weighted by molar-refractivity contribution is -0.141. The number of carbonyl (C=O) groups is 1. The van der Waals surface area contributed by atoms with Crippen molar-refractivity contribution in [1.82, 2.24) is 9.80 Å². The Balaban J connectivity index is 1.46. The Morgan fingerprint density at radius 2 is 1.92 bits per heavy atom. The fourth-order valence-electron chi connectivity index (χ4n) is 5.13. The Labute approximate surface area is 145 Å². The van der Waals surface area contributed by atoms with Gasteiger partial charge in [-0.15, -0.1) is 0 Å². The van der Waals surface area contributed by atoms with E-state index >= 15 is 0 Å². The van der Waals surface area contributed by atoms with Crippen LogP contribution >= 0.6 is 0 Å². The van der Waals surface area contributed by atoms with Gasteiger partial charge in [0.2, 0.25) is 5.91 Å². The summed E-state index contributed by atoms with van der Waals surface area (Å²) < 4.78 is 0. The first-order chi connectivity index (χ1) is 11.7. The van der Waals surface area contributed by atoms with Crippen LogP contribution in [0.2, 0.25) is 0 Å². The summed E-state index contributed by atoms with van der Waals surface area (Å²) in [6.07, 6.45) is 15.8. The summed E-state index contributed by atoms with van der Waals surface area (Å²) in [5.74, 6) is 0.397. The van der Waals surface area contributed by atoms with Crippen LogP contribution in [0.1, 0.15) is 57.8 Å². The van der Waals surface area contributed by atoms with Gasteiger partial charge < -0.3 is 14.9 Å². The van der Waals surface area contributed by atoms with Gasteiger partial charge in [0, 0.05) is 31.4 Å². The molecule has 0 aromatic rings. The number of nitrogens with zero attached hydrogens (tertiary/aromatic N) is 2. The molecule has 0 radical (unpaired) electrons. The fourth-order valence-corrected chi connectivity index (χ4v) is 5.13. The number of amides is 1. The molecule has 132 valence electrons. The van der Waals surface area contributed by atoms with Crippen molar-refractivity contribution in [3.63, 3.8) is 0 Å². The molecule has 0 bridgehead atoms. The second-order valence-electron chi connectivity index (χ2n) is 8.13. The molecule has 1 spiro atoms. The van der Waals surface area contributed by atoms with Gasteiger partial charge in [0.05, 0.1) is 11.5 Å². The largest absolute Gasteiger partial charge is 0.393 e. The molecule has 4 heteroatoms. The average Bonchev–Trinajstić information content (AvgIpc) is 2.93. The maximum Gasteiger partial charge on any atom is 0.230 e. The molecule has 3 fully saturated rings. The van der Waals surface area contributed by atoms with Gasteiger partial charge in [-0.25, -0.2) is 0 Å². The third kappa shape index (κ3) is 2.90. The molecule has 0 aromatic heterocycles. The Morgan fingerprint density at radius 3 is 2.67 bits per heavy atom. The smallest absolute Gasteiger partial charge is 0.230 e. The van der Waals surface area contributed by atoms with Gasteiger partial charge in [-0.05, 0) is 63.9 Å². The van der Waals surface area contributed by atoms with E-state index in [1.54, 1.807) is 0 Å². The first kappa shape index (κ1) is 16.2. The normalized spacial score (nSPS) is 37.2. The van der Waals surface area contributed by atoms with Gasteiger partial charge in [-0.2, -0.15) is 0 Å². The van der Waals surface area contributed by atoms with Crippen molar-refractivity contribution < 1.29 is 9.90 Å². The zero-order valence-electron chi connectivity index (χ0n) is 14.6. The Morgan fingerprint density at radius 1 is 1.08 bits per heavy atom. The van der Waals surface area contributed by atoms with Crippen molar-refractivity contribution in [3.05, 3.63) is 23.9 Å². The molecule has 2 aliphatic heterocycles. The molecule has 24 heavy (non-hydrogen) atoms. The van der Waals surface area contributed by atoms with E-state index in [-0.39, 0.29) is 11.5 Å². The highest BCUT2D eigenvalue weighted by atomic mass is 16.3. The zero-order chi connectivity index (χ0) is 16.6. The zero-order valence-corrected chi connectivity index (χ0v) is 14.6. The SMILES string of the molecule is O=C1N(C2CCC(O)CC2)CC[C@@]12CCCN(C1=CCCC=C1)C2. The number of hydrogen-bond donors (Lipinski definition) is 1. The van der Waals surface area contributed by atoms with Crippen LogP contribution in [0.4, 0.5) is 0 Å². The van der Waals surface area contributed by atoms with E-state index in [1.807, 2.05) is 0 Å². The summed E-state index contributed by atoms with van der Waals surface area (Å²) >= 11 is 0. The summed E-state index contributed by atoms with van der Waals surface area (Å²) in [7, 11) is 0. The van der Waals surface area contributed by atoms with E-state index in [9.17, 15) is 9.90 Å². The number of rotatable bonds is 2. The standard InChI is InChI=1S/C20H30N2O2/c23-18-9-7-17(8-10-18)22-14-12-20(19(22)24)11-4-13-21(15-20)16-5-2-1-3-6-16/h2,5-6,17-18,23H,1,3-4,7-15H2/t17?,18?,20-/m1/s1. The first-order valence-corrected chi connectivity index (χ1v) is 9.79. The number of aliphatic hydroxyl groups excluding tert-OH is 1. The van der Waals surface area contributed by atoms with Crippen molar-refractivity contribution in [2.45, 2.75) is 69.9 Å². The predicted octanol–water partition coefficient (Wildman–Crippen LogP) is 2.84. The number of allylic oxidation sites excluding steroid dienone is 3. The van der Waals surface area contributed by atoms with Crippen LogP contribution in [0, 0.1) is 5.41 Å². The highest BCUT2D eigenvalue weighted by Crippen LogP contribution is 2.43. The molecule has 1 N–H and O–H groups in total. The van der Waals surface area contributed by atoms with Crippen molar-refractivity contribution in [2.24, 2.45) is 5.41 Å². The topological polar surface area (TPSA) is 43.8 Å². The molecule has 1 amide bonds. The number of hydrogen-bond acceptors (Lipinski definition) is 3. The van der Waals surface area contributed by atoms with Gasteiger partial charge in [-0.1, -0.05) is 12.2 Å². The lowest BCUT2D eigenvalue weighted by atomic mass is 9.78. The van der Waals surface area contributed by atoms with Gasteiger partial charge in [0.1, 0.15) is 0 Å². The highest BCUT2D eigenvalue weighted by molar-refractivity contribution is 5.85. The van der Waals surface area contributed by atoms with E-state index in [4.69, 9.17) is 0 Å². The summed E-state index contributed by atoms with van der Waals surface area (Å²) in [6.45, 7) is 2.90. The molecule has 4 nitrogen and oxygen atoms in total. The van der Waals surface area contributed by atoms with Crippen LogP contribution in [-0.2, 0) is 4.79 Å². The Bertz CT molecular complexity index is 548. The second-order valence-corrected chi connectivity index (χ2v) is 8.13. The third-order valence-corrected chi connectivity index (χ3v) is 6.57. The van der Waals surface area contributed by atoms with Crippen LogP contribution in [0.25, 0.3) is 0 Å². The Kier molecular flexibility index (Phi) is 4.42. The van der Waals surface area contributed by atoms with Gasteiger partial charge in [-0.3, -0.25) is 4.79 Å². The van der Waals surface area contributed by atoms with Crippen LogP contribution in [0.5, 0.6) is 0 Å². The minimum atomic E-state index is -0.152. The van der Waals surface area contributed by atoms with E-state index < -0.39 is 0 Å². The maximum absolute atomic E-state index is 13.3. The van der Waals surface area contributed by atoms with Crippen molar-refractivity contribution >= 4 is 5.91 Å². The third-order valence-electron chi connectivity index (χ3n) is 6.57. The maximum atomic E-state index is 13.3. The molecular weight excluding hydrogens is 300 g/mol. The lowest BCUT2D eigenvalue weighted by Crippen LogP contribution is -2.49. The van der Waals surface area contributed by atoms with Crippen LogP contribution in [-0.4, -0.2) is 52.6 Å². The molecule has 0 unspecified atom stereocenters. The van der Waals surface area contributed by atoms with Crippen molar-refractivity contribution in [1.29, 1.82) is 0 Å². The summed E-state index contributed by atoms with van der Waals surface area (Å²) in [4.78, 5) is 17.9. The van der Waals surface area contributed by atoms with Gasteiger partial charge in [0.25, 0.3) is 0 Å². The minimum Gasteiger partial charge on any atom is -0.393 e. The van der Waals surface area contributed by atoms with Crippen molar-refractivity contribution in [3.8, 4) is 0 Å².